The number of carbonyl (C=O) groups is 1. The Morgan fingerprint density at radius 3 is 1.60 bits per heavy atom. The van der Waals surface area contributed by atoms with Crippen molar-refractivity contribution in [3.63, 3.8) is 0 Å². The second-order valence-corrected chi connectivity index (χ2v) is 9.50. The fourth-order valence-corrected chi connectivity index (χ4v) is 6.23. The second-order valence-electron chi connectivity index (χ2n) is 9.50. The average Bonchev–Trinajstić information content (AvgIpc) is 3.25. The lowest BCUT2D eigenvalue weighted by molar-refractivity contribution is -0.148. The highest BCUT2D eigenvalue weighted by atomic mass is 16.6. The summed E-state index contributed by atoms with van der Waals surface area (Å²) in [5, 5.41) is 0. The fraction of sp³-hybridized carbons (Fsp3) is 0.182. The topological polar surface area (TPSA) is 26.3 Å². The van der Waals surface area contributed by atoms with Crippen LogP contribution < -0.4 is 0 Å². The van der Waals surface area contributed by atoms with E-state index < -0.39 is 5.60 Å². The largest absolute Gasteiger partial charge is 0.448 e. The van der Waals surface area contributed by atoms with E-state index in [1.54, 1.807) is 0 Å². The van der Waals surface area contributed by atoms with E-state index in [0.717, 1.165) is 41.5 Å². The number of fused-ring (bicyclic) bond motifs is 1. The van der Waals surface area contributed by atoms with Gasteiger partial charge in [0.2, 0.25) is 0 Å². The molecule has 1 heterocycles. The van der Waals surface area contributed by atoms with E-state index >= 15 is 0 Å². The Bertz CT molecular complexity index is 1260. The van der Waals surface area contributed by atoms with Crippen molar-refractivity contribution in [2.24, 2.45) is 11.8 Å². The van der Waals surface area contributed by atoms with Crippen LogP contribution in [0.1, 0.15) is 41.5 Å². The molecule has 0 amide bonds. The van der Waals surface area contributed by atoms with Gasteiger partial charge in [0.05, 0.1) is 5.92 Å². The molecule has 1 aliphatic heterocycles. The van der Waals surface area contributed by atoms with Crippen molar-refractivity contribution in [1.29, 1.82) is 0 Å². The van der Waals surface area contributed by atoms with Gasteiger partial charge in [-0.15, -0.1) is 0 Å². The number of benzene rings is 4. The lowest BCUT2D eigenvalue weighted by atomic mass is 9.64. The number of cyclic esters (lactones) is 1. The maximum atomic E-state index is 13.9. The van der Waals surface area contributed by atoms with Gasteiger partial charge in [-0.3, -0.25) is 4.79 Å². The van der Waals surface area contributed by atoms with E-state index in [4.69, 9.17) is 4.74 Å². The van der Waals surface area contributed by atoms with Crippen molar-refractivity contribution in [3.8, 4) is 0 Å². The van der Waals surface area contributed by atoms with E-state index in [-0.39, 0.29) is 17.8 Å². The molecular weight excluding hydrogens is 428 g/mol. The summed E-state index contributed by atoms with van der Waals surface area (Å²) < 4.78 is 6.55. The van der Waals surface area contributed by atoms with Crippen LogP contribution in [0.25, 0.3) is 5.57 Å². The highest BCUT2D eigenvalue weighted by Crippen LogP contribution is 2.57. The number of ether oxygens (including phenoxy) is 1. The van der Waals surface area contributed by atoms with Gasteiger partial charge < -0.3 is 4.74 Å². The van der Waals surface area contributed by atoms with Crippen molar-refractivity contribution in [2.75, 3.05) is 0 Å². The lowest BCUT2D eigenvalue weighted by Gasteiger charge is -2.38. The second kappa shape index (κ2) is 9.03. The molecule has 2 fully saturated rings. The van der Waals surface area contributed by atoms with Gasteiger partial charge >= 0.3 is 5.97 Å². The van der Waals surface area contributed by atoms with Crippen LogP contribution in [0.2, 0.25) is 0 Å². The van der Waals surface area contributed by atoms with Gasteiger partial charge in [0.25, 0.3) is 0 Å². The van der Waals surface area contributed by atoms with E-state index in [1.807, 2.05) is 48.5 Å². The molecule has 1 saturated heterocycles. The van der Waals surface area contributed by atoms with Gasteiger partial charge in [-0.2, -0.15) is 0 Å². The molecule has 1 aliphatic carbocycles. The first-order valence-electron chi connectivity index (χ1n) is 12.5. The normalized spacial score (nSPS) is 20.7. The van der Waals surface area contributed by atoms with Crippen LogP contribution in [0.15, 0.2) is 127 Å². The molecule has 0 aromatic heterocycles. The minimum Gasteiger partial charge on any atom is -0.448 e. The van der Waals surface area contributed by atoms with Gasteiger partial charge in [0, 0.05) is 17.0 Å². The Morgan fingerprint density at radius 2 is 1.11 bits per heavy atom. The molecule has 0 spiro atoms. The molecule has 172 valence electrons. The first kappa shape index (κ1) is 21.6. The monoisotopic (exact) mass is 456 g/mol. The van der Waals surface area contributed by atoms with Crippen LogP contribution in [0.3, 0.4) is 0 Å². The summed E-state index contributed by atoms with van der Waals surface area (Å²) in [6.07, 6.45) is 2.87. The summed E-state index contributed by atoms with van der Waals surface area (Å²) in [6, 6.07) is 41.6. The fourth-order valence-electron chi connectivity index (χ4n) is 6.23. The molecule has 0 N–H and O–H groups in total. The molecule has 6 rings (SSSR count). The highest BCUT2D eigenvalue weighted by Gasteiger charge is 2.59. The van der Waals surface area contributed by atoms with Crippen LogP contribution >= 0.6 is 0 Å². The Kier molecular flexibility index (Phi) is 5.58. The molecule has 2 unspecified atom stereocenters. The molecule has 2 nitrogen and oxygen atoms in total. The van der Waals surface area contributed by atoms with Gasteiger partial charge in [-0.25, -0.2) is 0 Å². The molecule has 2 aliphatic rings. The maximum absolute atomic E-state index is 13.9. The van der Waals surface area contributed by atoms with Crippen molar-refractivity contribution in [2.45, 2.75) is 24.9 Å². The summed E-state index contributed by atoms with van der Waals surface area (Å²) in [5.41, 5.74) is 6.00. The minimum absolute atomic E-state index is 0.0333. The third-order valence-corrected chi connectivity index (χ3v) is 7.63. The average molecular weight is 457 g/mol. The maximum Gasteiger partial charge on any atom is 0.314 e. The number of hydrogen-bond donors (Lipinski definition) is 0. The summed E-state index contributed by atoms with van der Waals surface area (Å²) >= 11 is 0. The molecule has 0 bridgehead atoms. The first-order chi connectivity index (χ1) is 17.3. The SMILES string of the molecule is O=C1OC(c2ccccc2)(c2ccccc2)C2CCCC(=C(c3ccccc3)c3ccccc3)C12. The zero-order valence-electron chi connectivity index (χ0n) is 19.6. The van der Waals surface area contributed by atoms with Crippen LogP contribution in [-0.2, 0) is 15.1 Å². The molecule has 4 aromatic carbocycles. The standard InChI is InChI=1S/C33H28O2/c34-32-31-28(30(24-14-5-1-6-15-24)25-16-7-2-8-17-25)22-13-23-29(31)33(35-32,26-18-9-3-10-19-26)27-20-11-4-12-21-27/h1-12,14-21,29,31H,13,22-23H2. The molecule has 4 aromatic rings. The molecule has 2 atom stereocenters. The zero-order valence-corrected chi connectivity index (χ0v) is 19.6. The molecule has 35 heavy (non-hydrogen) atoms. The smallest absolute Gasteiger partial charge is 0.314 e. The van der Waals surface area contributed by atoms with E-state index in [0.29, 0.717) is 0 Å². The summed E-state index contributed by atoms with van der Waals surface area (Å²) in [7, 11) is 0. The Balaban J connectivity index is 1.59. The van der Waals surface area contributed by atoms with Crippen molar-refractivity contribution >= 4 is 11.5 Å². The molecule has 1 saturated carbocycles. The minimum atomic E-state index is -0.783. The Hall–Kier alpha value is -3.91. The van der Waals surface area contributed by atoms with E-state index in [2.05, 4.69) is 72.8 Å². The predicted molar refractivity (Wildman–Crippen MR) is 139 cm³/mol. The Labute approximate surface area is 206 Å². The van der Waals surface area contributed by atoms with Gasteiger partial charge in [0.1, 0.15) is 0 Å². The predicted octanol–water partition coefficient (Wildman–Crippen LogP) is 7.41. The quantitative estimate of drug-likeness (QED) is 0.299. The third kappa shape index (κ3) is 3.61. The molecule has 0 radical (unpaired) electrons. The number of carbonyl (C=O) groups excluding carboxylic acids is 1. The van der Waals surface area contributed by atoms with Crippen LogP contribution in [0.5, 0.6) is 0 Å². The Morgan fingerprint density at radius 1 is 0.657 bits per heavy atom. The van der Waals surface area contributed by atoms with Crippen molar-refractivity contribution < 1.29 is 9.53 Å². The van der Waals surface area contributed by atoms with Crippen molar-refractivity contribution in [3.05, 3.63) is 149 Å². The van der Waals surface area contributed by atoms with Gasteiger partial charge in [-0.05, 0) is 41.5 Å². The third-order valence-electron chi connectivity index (χ3n) is 7.63. The lowest BCUT2D eigenvalue weighted by Crippen LogP contribution is -2.37. The van der Waals surface area contributed by atoms with Crippen LogP contribution in [0, 0.1) is 11.8 Å². The summed E-state index contributed by atoms with van der Waals surface area (Å²) in [6.45, 7) is 0. The first-order valence-corrected chi connectivity index (χ1v) is 12.5. The van der Waals surface area contributed by atoms with Gasteiger partial charge in [-0.1, -0.05) is 121 Å². The molecular formula is C33H28O2. The van der Waals surface area contributed by atoms with E-state index in [1.165, 1.54) is 11.1 Å². The number of hydrogen-bond acceptors (Lipinski definition) is 2. The van der Waals surface area contributed by atoms with Gasteiger partial charge in [0.15, 0.2) is 5.60 Å². The molecule has 2 heteroatoms. The van der Waals surface area contributed by atoms with Crippen molar-refractivity contribution in [1.82, 2.24) is 0 Å². The number of esters is 1. The highest BCUT2D eigenvalue weighted by molar-refractivity contribution is 5.89. The number of rotatable bonds is 4. The summed E-state index contributed by atoms with van der Waals surface area (Å²) in [5.74, 6) is -0.354. The van der Waals surface area contributed by atoms with E-state index in [9.17, 15) is 4.79 Å². The zero-order chi connectivity index (χ0) is 23.7. The van der Waals surface area contributed by atoms with Crippen LogP contribution in [-0.4, -0.2) is 5.97 Å². The summed E-state index contributed by atoms with van der Waals surface area (Å²) in [4.78, 5) is 13.9. The van der Waals surface area contributed by atoms with Crippen LogP contribution in [0.4, 0.5) is 0 Å².